The van der Waals surface area contributed by atoms with Crippen LogP contribution < -0.4 is 0 Å². The molecular weight excluding hydrogens is 446 g/mol. The summed E-state index contributed by atoms with van der Waals surface area (Å²) in [5.41, 5.74) is 4.14. The molecule has 184 valence electrons. The molecule has 0 amide bonds. The Hall–Kier alpha value is -3.72. The maximum absolute atomic E-state index is 11.0. The number of phenols is 1. The van der Waals surface area contributed by atoms with Gasteiger partial charge in [0.25, 0.3) is 0 Å². The molecule has 3 aromatic rings. The van der Waals surface area contributed by atoms with E-state index in [2.05, 4.69) is 15.2 Å². The van der Waals surface area contributed by atoms with Crippen LogP contribution in [0.25, 0.3) is 5.69 Å². The van der Waals surface area contributed by atoms with E-state index in [1.165, 1.54) is 0 Å². The zero-order chi connectivity index (χ0) is 25.1. The van der Waals surface area contributed by atoms with Crippen LogP contribution in [0.2, 0.25) is 0 Å². The fourth-order valence-corrected chi connectivity index (χ4v) is 4.54. The minimum Gasteiger partial charge on any atom is -0.505 e. The summed E-state index contributed by atoms with van der Waals surface area (Å²) in [6.07, 6.45) is 2.10. The van der Waals surface area contributed by atoms with E-state index in [0.717, 1.165) is 35.2 Å². The molecule has 0 atom stereocenters. The van der Waals surface area contributed by atoms with Crippen LogP contribution in [0.4, 0.5) is 11.5 Å². The van der Waals surface area contributed by atoms with Crippen molar-refractivity contribution in [2.24, 2.45) is 10.2 Å². The van der Waals surface area contributed by atoms with Crippen molar-refractivity contribution in [1.29, 1.82) is 0 Å². The maximum atomic E-state index is 11.0. The number of phenolic OH excluding ortho intramolecular Hbond substituents is 1. The van der Waals surface area contributed by atoms with Crippen molar-refractivity contribution >= 4 is 17.5 Å². The highest BCUT2D eigenvalue weighted by Gasteiger charge is 2.25. The number of carboxylic acid groups (broad SMARTS) is 1. The Morgan fingerprint density at radius 3 is 2.49 bits per heavy atom. The third-order valence-electron chi connectivity index (χ3n) is 6.65. The summed E-state index contributed by atoms with van der Waals surface area (Å²) >= 11 is 0. The third kappa shape index (κ3) is 5.19. The molecule has 9 heteroatoms. The lowest BCUT2D eigenvalue weighted by atomic mass is 9.88. The Balaban J connectivity index is 1.57. The summed E-state index contributed by atoms with van der Waals surface area (Å²) in [5.74, 6) is -0.0212. The standard InChI is InChI=1S/C26H31N5O4/c1-4-22-27-25(26(35)31(22)19-9-8-16(2)17(3)14-19)29-28-21-7-5-6-20(24(21)34)18-10-12-30(13-11-18)15-23(32)33/h5-9,14,18,34-35H,4,10-13,15H2,1-3H3,(H,32,33). The van der Waals surface area contributed by atoms with Gasteiger partial charge in [0, 0.05) is 6.42 Å². The second-order valence-corrected chi connectivity index (χ2v) is 8.99. The van der Waals surface area contributed by atoms with Gasteiger partial charge in [-0.3, -0.25) is 14.3 Å². The minimum atomic E-state index is -0.830. The van der Waals surface area contributed by atoms with E-state index >= 15 is 0 Å². The summed E-state index contributed by atoms with van der Waals surface area (Å²) in [4.78, 5) is 17.3. The Labute approximate surface area is 204 Å². The van der Waals surface area contributed by atoms with Crippen molar-refractivity contribution in [2.75, 3.05) is 19.6 Å². The van der Waals surface area contributed by atoms with E-state index in [1.807, 2.05) is 56.0 Å². The summed E-state index contributed by atoms with van der Waals surface area (Å²) in [7, 11) is 0. The molecule has 3 N–H and O–H groups in total. The molecule has 4 rings (SSSR count). The third-order valence-corrected chi connectivity index (χ3v) is 6.65. The van der Waals surface area contributed by atoms with Gasteiger partial charge in [-0.2, -0.15) is 0 Å². The van der Waals surface area contributed by atoms with E-state index in [-0.39, 0.29) is 29.9 Å². The zero-order valence-corrected chi connectivity index (χ0v) is 20.3. The predicted octanol–water partition coefficient (Wildman–Crippen LogP) is 5.14. The lowest BCUT2D eigenvalue weighted by Crippen LogP contribution is -2.36. The quantitative estimate of drug-likeness (QED) is 0.405. The van der Waals surface area contributed by atoms with Gasteiger partial charge >= 0.3 is 5.97 Å². The van der Waals surface area contributed by atoms with Crippen LogP contribution in [0.5, 0.6) is 11.6 Å². The average Bonchev–Trinajstić information content (AvgIpc) is 3.16. The Kier molecular flexibility index (Phi) is 7.16. The summed E-state index contributed by atoms with van der Waals surface area (Å²) < 4.78 is 1.67. The molecule has 1 aliphatic rings. The molecule has 0 aliphatic carbocycles. The van der Waals surface area contributed by atoms with Gasteiger partial charge in [-0.1, -0.05) is 25.1 Å². The molecule has 2 heterocycles. The van der Waals surface area contributed by atoms with E-state index in [0.29, 0.717) is 31.0 Å². The van der Waals surface area contributed by atoms with E-state index < -0.39 is 5.97 Å². The van der Waals surface area contributed by atoms with E-state index in [4.69, 9.17) is 5.11 Å². The molecule has 9 nitrogen and oxygen atoms in total. The summed E-state index contributed by atoms with van der Waals surface area (Å²) in [5, 5.41) is 39.2. The van der Waals surface area contributed by atoms with Crippen molar-refractivity contribution in [2.45, 2.75) is 46.0 Å². The number of rotatable bonds is 7. The average molecular weight is 478 g/mol. The van der Waals surface area contributed by atoms with Crippen LogP contribution in [0.1, 0.15) is 48.2 Å². The van der Waals surface area contributed by atoms with Gasteiger partial charge in [0.2, 0.25) is 11.7 Å². The van der Waals surface area contributed by atoms with Crippen molar-refractivity contribution in [3.63, 3.8) is 0 Å². The fourth-order valence-electron chi connectivity index (χ4n) is 4.54. The first-order chi connectivity index (χ1) is 16.8. The molecule has 1 saturated heterocycles. The minimum absolute atomic E-state index is 0.0327. The first kappa shape index (κ1) is 24.4. The zero-order valence-electron chi connectivity index (χ0n) is 20.3. The van der Waals surface area contributed by atoms with Crippen molar-refractivity contribution in [3.05, 3.63) is 58.9 Å². The van der Waals surface area contributed by atoms with E-state index in [9.17, 15) is 15.0 Å². The number of carbonyl (C=O) groups is 1. The van der Waals surface area contributed by atoms with Gasteiger partial charge in [-0.05, 0) is 80.6 Å². The Bertz CT molecular complexity index is 1260. The van der Waals surface area contributed by atoms with Crippen LogP contribution in [-0.2, 0) is 11.2 Å². The topological polar surface area (TPSA) is 124 Å². The highest BCUT2D eigenvalue weighted by molar-refractivity contribution is 5.69. The number of para-hydroxylation sites is 1. The van der Waals surface area contributed by atoms with Gasteiger partial charge in [-0.25, -0.2) is 4.98 Å². The number of imidazole rings is 1. The second kappa shape index (κ2) is 10.3. The van der Waals surface area contributed by atoms with Crippen LogP contribution in [0.15, 0.2) is 46.6 Å². The molecule has 0 bridgehead atoms. The highest BCUT2D eigenvalue weighted by atomic mass is 16.4. The first-order valence-electron chi connectivity index (χ1n) is 11.8. The highest BCUT2D eigenvalue weighted by Crippen LogP contribution is 2.40. The molecule has 35 heavy (non-hydrogen) atoms. The normalized spacial score (nSPS) is 15.2. The largest absolute Gasteiger partial charge is 0.505 e. The number of hydrogen-bond acceptors (Lipinski definition) is 7. The predicted molar refractivity (Wildman–Crippen MR) is 132 cm³/mol. The molecule has 1 aliphatic heterocycles. The molecular formula is C26H31N5O4. The number of likely N-dealkylation sites (tertiary alicyclic amines) is 1. The summed E-state index contributed by atoms with van der Waals surface area (Å²) in [6.45, 7) is 7.36. The number of piperidine rings is 1. The number of aromatic hydroxyl groups is 2. The Morgan fingerprint density at radius 2 is 1.83 bits per heavy atom. The smallest absolute Gasteiger partial charge is 0.317 e. The fraction of sp³-hybridized carbons (Fsp3) is 0.385. The summed E-state index contributed by atoms with van der Waals surface area (Å²) in [6, 6.07) is 11.3. The number of benzene rings is 2. The van der Waals surface area contributed by atoms with Gasteiger partial charge in [-0.15, -0.1) is 10.2 Å². The lowest BCUT2D eigenvalue weighted by molar-refractivity contribution is -0.138. The van der Waals surface area contributed by atoms with Crippen LogP contribution in [0.3, 0.4) is 0 Å². The monoisotopic (exact) mass is 477 g/mol. The molecule has 0 saturated carbocycles. The van der Waals surface area contributed by atoms with Crippen molar-refractivity contribution in [3.8, 4) is 17.3 Å². The number of nitrogens with zero attached hydrogens (tertiary/aromatic N) is 5. The van der Waals surface area contributed by atoms with Crippen LogP contribution in [0, 0.1) is 13.8 Å². The molecule has 0 spiro atoms. The van der Waals surface area contributed by atoms with Gasteiger partial charge in [0.15, 0.2) is 0 Å². The van der Waals surface area contributed by atoms with Gasteiger partial charge < -0.3 is 15.3 Å². The second-order valence-electron chi connectivity index (χ2n) is 8.99. The van der Waals surface area contributed by atoms with Crippen LogP contribution >= 0.6 is 0 Å². The number of carboxylic acids is 1. The maximum Gasteiger partial charge on any atom is 0.317 e. The molecule has 2 aromatic carbocycles. The molecule has 1 aromatic heterocycles. The molecule has 0 unspecified atom stereocenters. The first-order valence-corrected chi connectivity index (χ1v) is 11.8. The van der Waals surface area contributed by atoms with E-state index in [1.54, 1.807) is 10.6 Å². The van der Waals surface area contributed by atoms with Crippen LogP contribution in [-0.4, -0.2) is 55.4 Å². The van der Waals surface area contributed by atoms with Crippen molar-refractivity contribution in [1.82, 2.24) is 14.5 Å². The van der Waals surface area contributed by atoms with Gasteiger partial charge in [0.1, 0.15) is 17.3 Å². The molecule has 1 fully saturated rings. The SMILES string of the molecule is CCc1nc(N=Nc2cccc(C3CCN(CC(=O)O)CC3)c2O)c(O)n1-c1ccc(C)c(C)c1. The number of aliphatic carboxylic acids is 1. The molecule has 0 radical (unpaired) electrons. The Morgan fingerprint density at radius 1 is 1.09 bits per heavy atom. The number of hydrogen-bond donors (Lipinski definition) is 3. The number of aryl methyl sites for hydroxylation is 3. The number of aromatic nitrogens is 2. The van der Waals surface area contributed by atoms with Gasteiger partial charge in [0.05, 0.1) is 12.2 Å². The van der Waals surface area contributed by atoms with Crippen molar-refractivity contribution < 1.29 is 20.1 Å². The number of azo groups is 1. The lowest BCUT2D eigenvalue weighted by Gasteiger charge is -2.31.